The summed E-state index contributed by atoms with van der Waals surface area (Å²) in [6, 6.07) is 6.81. The molecule has 1 N–H and O–H groups in total. The molecule has 1 aliphatic heterocycles. The van der Waals surface area contributed by atoms with E-state index in [-0.39, 0.29) is 12.5 Å². The van der Waals surface area contributed by atoms with Gasteiger partial charge in [-0.05, 0) is 50.4 Å². The molecule has 3 aromatic rings. The Morgan fingerprint density at radius 2 is 2.18 bits per heavy atom. The summed E-state index contributed by atoms with van der Waals surface area (Å²) in [5.41, 5.74) is 4.84. The Kier molecular flexibility index (Phi) is 4.89. The molecule has 0 spiro atoms. The lowest BCUT2D eigenvalue weighted by atomic mass is 10.0. The molecule has 8 heteroatoms. The van der Waals surface area contributed by atoms with Gasteiger partial charge in [-0.2, -0.15) is 0 Å². The van der Waals surface area contributed by atoms with Gasteiger partial charge in [-0.25, -0.2) is 4.68 Å². The van der Waals surface area contributed by atoms with Crippen molar-refractivity contribution in [1.29, 1.82) is 0 Å². The van der Waals surface area contributed by atoms with Crippen molar-refractivity contribution in [2.45, 2.75) is 52.9 Å². The highest BCUT2D eigenvalue weighted by atomic mass is 16.2. The van der Waals surface area contributed by atoms with E-state index in [1.165, 1.54) is 22.2 Å². The number of nitrogens with zero attached hydrogens (tertiary/aromatic N) is 6. The number of hydrogen-bond acceptors (Lipinski definition) is 5. The van der Waals surface area contributed by atoms with Crippen LogP contribution in [0.3, 0.4) is 0 Å². The second-order valence-corrected chi connectivity index (χ2v) is 7.96. The number of tetrazole rings is 1. The predicted molar refractivity (Wildman–Crippen MR) is 107 cm³/mol. The van der Waals surface area contributed by atoms with Gasteiger partial charge in [-0.15, -0.1) is 5.10 Å². The third-order valence-electron chi connectivity index (χ3n) is 5.65. The summed E-state index contributed by atoms with van der Waals surface area (Å²) in [6.07, 6.45) is 0.841. The van der Waals surface area contributed by atoms with Crippen LogP contribution in [-0.2, 0) is 30.8 Å². The highest BCUT2D eigenvalue weighted by molar-refractivity contribution is 5.86. The number of amides is 1. The molecule has 4 rings (SSSR count). The van der Waals surface area contributed by atoms with Gasteiger partial charge in [0.05, 0.1) is 6.54 Å². The summed E-state index contributed by atoms with van der Waals surface area (Å²) in [5.74, 6) is 0.762. The molecule has 0 bridgehead atoms. The van der Waals surface area contributed by atoms with Gasteiger partial charge in [0.25, 0.3) is 0 Å². The van der Waals surface area contributed by atoms with Crippen molar-refractivity contribution in [2.24, 2.45) is 0 Å². The Bertz CT molecular complexity index is 1000. The number of nitrogens with one attached hydrogen (secondary N) is 1. The normalized spacial score (nSPS) is 14.3. The summed E-state index contributed by atoms with van der Waals surface area (Å²) in [6.45, 7) is 8.45. The molecule has 0 fully saturated rings. The van der Waals surface area contributed by atoms with Crippen molar-refractivity contribution in [3.8, 4) is 0 Å². The molecule has 2 aromatic heterocycles. The third-order valence-corrected chi connectivity index (χ3v) is 5.65. The molecule has 1 aromatic carbocycles. The summed E-state index contributed by atoms with van der Waals surface area (Å²) in [4.78, 5) is 20.5. The van der Waals surface area contributed by atoms with E-state index >= 15 is 0 Å². The van der Waals surface area contributed by atoms with Crippen LogP contribution in [0.25, 0.3) is 10.9 Å². The van der Waals surface area contributed by atoms with Crippen LogP contribution < -0.4 is 0 Å². The maximum absolute atomic E-state index is 13.0. The molecule has 0 saturated heterocycles. The minimum Gasteiger partial charge on any atom is -0.358 e. The van der Waals surface area contributed by atoms with E-state index in [0.29, 0.717) is 31.5 Å². The summed E-state index contributed by atoms with van der Waals surface area (Å²) in [7, 11) is 2.02. The average molecular weight is 381 g/mol. The molecule has 8 nitrogen and oxygen atoms in total. The average Bonchev–Trinajstić information content (AvgIpc) is 3.25. The van der Waals surface area contributed by atoms with Crippen LogP contribution in [0.15, 0.2) is 18.2 Å². The largest absolute Gasteiger partial charge is 0.358 e. The van der Waals surface area contributed by atoms with Crippen molar-refractivity contribution in [2.75, 3.05) is 13.6 Å². The van der Waals surface area contributed by atoms with Crippen LogP contribution in [0.1, 0.15) is 36.5 Å². The molecule has 1 amide bonds. The van der Waals surface area contributed by atoms with E-state index in [4.69, 9.17) is 0 Å². The first-order valence-corrected chi connectivity index (χ1v) is 9.75. The minimum atomic E-state index is 0.0494. The SMILES string of the molecule is Cc1ccc2[nH]c3c(c2c1)CN(C(=O)Cn1nnnc1CN(C)C(C)C)CC3. The van der Waals surface area contributed by atoms with Gasteiger partial charge in [-0.1, -0.05) is 11.6 Å². The van der Waals surface area contributed by atoms with Crippen LogP contribution in [0.5, 0.6) is 0 Å². The van der Waals surface area contributed by atoms with Crippen molar-refractivity contribution in [3.63, 3.8) is 0 Å². The van der Waals surface area contributed by atoms with E-state index in [0.717, 1.165) is 11.9 Å². The zero-order chi connectivity index (χ0) is 19.8. The fraction of sp³-hybridized carbons (Fsp3) is 0.500. The smallest absolute Gasteiger partial charge is 0.244 e. The van der Waals surface area contributed by atoms with Crippen molar-refractivity contribution < 1.29 is 4.79 Å². The molecule has 1 aliphatic rings. The van der Waals surface area contributed by atoms with Gasteiger partial charge in [0.15, 0.2) is 5.82 Å². The van der Waals surface area contributed by atoms with Crippen molar-refractivity contribution in [1.82, 2.24) is 35.0 Å². The molecule has 0 atom stereocenters. The Morgan fingerprint density at radius 1 is 1.36 bits per heavy atom. The summed E-state index contributed by atoms with van der Waals surface area (Å²) < 4.78 is 1.62. The molecule has 0 saturated carbocycles. The lowest BCUT2D eigenvalue weighted by molar-refractivity contribution is -0.133. The topological polar surface area (TPSA) is 82.9 Å². The number of aromatic nitrogens is 5. The Morgan fingerprint density at radius 3 is 2.96 bits per heavy atom. The molecule has 3 heterocycles. The number of benzene rings is 1. The second-order valence-electron chi connectivity index (χ2n) is 7.96. The number of carbonyl (C=O) groups excluding carboxylic acids is 1. The molecular formula is C20H27N7O. The van der Waals surface area contributed by atoms with Crippen LogP contribution in [0, 0.1) is 6.92 Å². The van der Waals surface area contributed by atoms with Crippen LogP contribution in [-0.4, -0.2) is 60.5 Å². The Balaban J connectivity index is 1.50. The predicted octanol–water partition coefficient (Wildman–Crippen LogP) is 1.89. The monoisotopic (exact) mass is 381 g/mol. The van der Waals surface area contributed by atoms with E-state index < -0.39 is 0 Å². The molecule has 0 unspecified atom stereocenters. The fourth-order valence-corrected chi connectivity index (χ4v) is 3.63. The number of carbonyl (C=O) groups is 1. The Labute approximate surface area is 164 Å². The summed E-state index contributed by atoms with van der Waals surface area (Å²) >= 11 is 0. The number of hydrogen-bond donors (Lipinski definition) is 1. The first-order chi connectivity index (χ1) is 13.4. The number of aromatic amines is 1. The highest BCUT2D eigenvalue weighted by Gasteiger charge is 2.25. The number of aryl methyl sites for hydroxylation is 1. The number of fused-ring (bicyclic) bond motifs is 3. The fourth-order valence-electron chi connectivity index (χ4n) is 3.63. The molecule has 0 aliphatic carbocycles. The molecular weight excluding hydrogens is 354 g/mol. The molecule has 0 radical (unpaired) electrons. The second kappa shape index (κ2) is 7.35. The lowest BCUT2D eigenvalue weighted by Gasteiger charge is -2.27. The first-order valence-electron chi connectivity index (χ1n) is 9.75. The third kappa shape index (κ3) is 3.52. The quantitative estimate of drug-likeness (QED) is 0.730. The van der Waals surface area contributed by atoms with E-state index in [1.54, 1.807) is 4.68 Å². The first kappa shape index (κ1) is 18.6. The van der Waals surface area contributed by atoms with Gasteiger partial charge in [0.2, 0.25) is 5.91 Å². The highest BCUT2D eigenvalue weighted by Crippen LogP contribution is 2.28. The Hall–Kier alpha value is -2.74. The minimum absolute atomic E-state index is 0.0494. The van der Waals surface area contributed by atoms with Gasteiger partial charge in [0, 0.05) is 47.7 Å². The molecule has 28 heavy (non-hydrogen) atoms. The van der Waals surface area contributed by atoms with E-state index in [1.807, 2.05) is 11.9 Å². The van der Waals surface area contributed by atoms with Crippen LogP contribution >= 0.6 is 0 Å². The van der Waals surface area contributed by atoms with E-state index in [2.05, 4.69) is 64.4 Å². The van der Waals surface area contributed by atoms with E-state index in [9.17, 15) is 4.79 Å². The number of H-pyrrole nitrogens is 1. The molecule has 148 valence electrons. The van der Waals surface area contributed by atoms with Crippen LogP contribution in [0.2, 0.25) is 0 Å². The van der Waals surface area contributed by atoms with Gasteiger partial charge in [-0.3, -0.25) is 9.69 Å². The van der Waals surface area contributed by atoms with Crippen molar-refractivity contribution >= 4 is 16.8 Å². The van der Waals surface area contributed by atoms with Gasteiger partial charge >= 0.3 is 0 Å². The summed E-state index contributed by atoms with van der Waals surface area (Å²) in [5, 5.41) is 13.1. The van der Waals surface area contributed by atoms with Crippen LogP contribution in [0.4, 0.5) is 0 Å². The van der Waals surface area contributed by atoms with Gasteiger partial charge < -0.3 is 9.88 Å². The zero-order valence-electron chi connectivity index (χ0n) is 16.9. The van der Waals surface area contributed by atoms with Gasteiger partial charge in [0.1, 0.15) is 6.54 Å². The van der Waals surface area contributed by atoms with Crippen molar-refractivity contribution in [3.05, 3.63) is 40.8 Å². The standard InChI is InChI=1S/C20H27N7O/c1-13(2)25(4)11-19-22-23-24-27(19)12-20(28)26-8-7-18-16(10-26)15-9-14(3)5-6-17(15)21-18/h5-6,9,13,21H,7-8,10-12H2,1-4H3. The zero-order valence-corrected chi connectivity index (χ0v) is 16.9. The lowest BCUT2D eigenvalue weighted by Crippen LogP contribution is -2.38. The number of rotatable bonds is 5. The maximum Gasteiger partial charge on any atom is 0.244 e. The maximum atomic E-state index is 13.0.